The van der Waals surface area contributed by atoms with Crippen LogP contribution < -0.4 is 10.1 Å². The van der Waals surface area contributed by atoms with E-state index in [-0.39, 0.29) is 0 Å². The minimum atomic E-state index is 0.712. The molecule has 2 fully saturated rings. The number of guanidine groups is 1. The van der Waals surface area contributed by atoms with Crippen LogP contribution in [0.3, 0.4) is 0 Å². The molecule has 1 saturated heterocycles. The van der Waals surface area contributed by atoms with E-state index in [9.17, 15) is 0 Å². The summed E-state index contributed by atoms with van der Waals surface area (Å²) in [5.74, 6) is 2.61. The molecule has 0 spiro atoms. The summed E-state index contributed by atoms with van der Waals surface area (Å²) < 4.78 is 5.23. The molecule has 2 aliphatic rings. The molecule has 1 aliphatic carbocycles. The van der Waals surface area contributed by atoms with Crippen LogP contribution in [0.15, 0.2) is 29.3 Å². The number of hydrogen-bond donors (Lipinski definition) is 1. The van der Waals surface area contributed by atoms with Crippen LogP contribution in [-0.2, 0) is 6.54 Å². The summed E-state index contributed by atoms with van der Waals surface area (Å²) in [5.41, 5.74) is 1.26. The first-order valence-electron chi connectivity index (χ1n) is 9.56. The Balaban J connectivity index is 1.54. The number of ether oxygens (including phenoxy) is 1. The molecule has 1 aromatic rings. The highest BCUT2D eigenvalue weighted by Gasteiger charge is 2.34. The first-order chi connectivity index (χ1) is 12.2. The van der Waals surface area contributed by atoms with Gasteiger partial charge in [-0.3, -0.25) is 4.99 Å². The number of nitrogens with one attached hydrogen (secondary N) is 1. The fourth-order valence-electron chi connectivity index (χ4n) is 3.55. The van der Waals surface area contributed by atoms with Crippen molar-refractivity contribution < 1.29 is 4.74 Å². The molecular formula is C20H32N4O. The molecule has 1 aliphatic heterocycles. The first-order valence-corrected chi connectivity index (χ1v) is 9.56. The van der Waals surface area contributed by atoms with E-state index in [0.29, 0.717) is 5.92 Å². The van der Waals surface area contributed by atoms with Crippen molar-refractivity contribution in [1.29, 1.82) is 0 Å². The molecule has 0 aromatic heterocycles. The van der Waals surface area contributed by atoms with Gasteiger partial charge in [-0.05, 0) is 56.3 Å². The van der Waals surface area contributed by atoms with Gasteiger partial charge >= 0.3 is 0 Å². The zero-order valence-corrected chi connectivity index (χ0v) is 15.9. The predicted molar refractivity (Wildman–Crippen MR) is 103 cm³/mol. The van der Waals surface area contributed by atoms with Crippen molar-refractivity contribution in [2.24, 2.45) is 10.9 Å². The molecule has 1 aromatic carbocycles. The molecule has 1 N–H and O–H groups in total. The molecule has 1 heterocycles. The summed E-state index contributed by atoms with van der Waals surface area (Å²) in [6, 6.07) is 9.14. The Morgan fingerprint density at radius 1 is 1.28 bits per heavy atom. The number of methoxy groups -OCH3 is 1. The maximum absolute atomic E-state index is 5.23. The largest absolute Gasteiger partial charge is 0.497 e. The lowest BCUT2D eigenvalue weighted by Gasteiger charge is -2.23. The molecule has 25 heavy (non-hydrogen) atoms. The van der Waals surface area contributed by atoms with E-state index in [4.69, 9.17) is 9.73 Å². The smallest absolute Gasteiger partial charge is 0.193 e. The van der Waals surface area contributed by atoms with Crippen LogP contribution in [-0.4, -0.2) is 62.1 Å². The lowest BCUT2D eigenvalue weighted by Crippen LogP contribution is -2.39. The lowest BCUT2D eigenvalue weighted by atomic mass is 10.1. The van der Waals surface area contributed by atoms with Gasteiger partial charge in [0.15, 0.2) is 5.96 Å². The number of rotatable bonds is 7. The molecule has 0 bridgehead atoms. The third kappa shape index (κ3) is 5.11. The van der Waals surface area contributed by atoms with Crippen LogP contribution in [0.4, 0.5) is 0 Å². The van der Waals surface area contributed by atoms with Crippen LogP contribution >= 0.6 is 0 Å². The van der Waals surface area contributed by atoms with E-state index in [0.717, 1.165) is 37.4 Å². The number of aliphatic imine (C=N–C) groups is 1. The summed E-state index contributed by atoms with van der Waals surface area (Å²) >= 11 is 0. The van der Waals surface area contributed by atoms with E-state index in [1.165, 1.54) is 37.9 Å². The maximum Gasteiger partial charge on any atom is 0.193 e. The minimum Gasteiger partial charge on any atom is -0.497 e. The maximum atomic E-state index is 5.23. The zero-order valence-electron chi connectivity index (χ0n) is 15.9. The van der Waals surface area contributed by atoms with Crippen molar-refractivity contribution in [3.05, 3.63) is 29.8 Å². The number of benzene rings is 1. The molecule has 0 amide bonds. The van der Waals surface area contributed by atoms with E-state index < -0.39 is 0 Å². The Kier molecular flexibility index (Phi) is 6.19. The molecule has 3 rings (SSSR count). The summed E-state index contributed by atoms with van der Waals surface area (Å²) in [7, 11) is 3.81. The van der Waals surface area contributed by atoms with Crippen molar-refractivity contribution in [2.45, 2.75) is 38.8 Å². The summed E-state index contributed by atoms with van der Waals surface area (Å²) in [4.78, 5) is 9.79. The van der Waals surface area contributed by atoms with Crippen molar-refractivity contribution in [2.75, 3.05) is 40.3 Å². The zero-order chi connectivity index (χ0) is 17.6. The second-order valence-corrected chi connectivity index (χ2v) is 7.28. The van der Waals surface area contributed by atoms with Gasteiger partial charge in [-0.2, -0.15) is 0 Å². The molecule has 1 atom stereocenters. The van der Waals surface area contributed by atoms with Crippen molar-refractivity contribution in [3.8, 4) is 5.75 Å². The van der Waals surface area contributed by atoms with Gasteiger partial charge in [-0.15, -0.1) is 0 Å². The van der Waals surface area contributed by atoms with Crippen LogP contribution in [0.1, 0.15) is 31.7 Å². The number of likely N-dealkylation sites (tertiary alicyclic amines) is 1. The Morgan fingerprint density at radius 3 is 2.68 bits per heavy atom. The quantitative estimate of drug-likeness (QED) is 0.610. The molecule has 5 nitrogen and oxygen atoms in total. The summed E-state index contributed by atoms with van der Waals surface area (Å²) in [6.45, 7) is 7.29. The van der Waals surface area contributed by atoms with Crippen molar-refractivity contribution in [1.82, 2.24) is 15.1 Å². The van der Waals surface area contributed by atoms with E-state index in [2.05, 4.69) is 41.2 Å². The van der Waals surface area contributed by atoms with Gasteiger partial charge in [-0.25, -0.2) is 0 Å². The third-order valence-corrected chi connectivity index (χ3v) is 5.16. The lowest BCUT2D eigenvalue weighted by molar-refractivity contribution is 0.315. The number of hydrogen-bond acceptors (Lipinski definition) is 3. The highest BCUT2D eigenvalue weighted by Crippen LogP contribution is 2.31. The minimum absolute atomic E-state index is 0.712. The van der Waals surface area contributed by atoms with Gasteiger partial charge in [0.2, 0.25) is 0 Å². The molecule has 5 heteroatoms. The molecular weight excluding hydrogens is 312 g/mol. The molecule has 1 saturated carbocycles. The fraction of sp³-hybridized carbons (Fsp3) is 0.650. The normalized spacial score (nSPS) is 21.4. The van der Waals surface area contributed by atoms with Crippen LogP contribution in [0, 0.1) is 5.92 Å². The van der Waals surface area contributed by atoms with Crippen LogP contribution in [0.25, 0.3) is 0 Å². The van der Waals surface area contributed by atoms with Gasteiger partial charge in [-0.1, -0.05) is 12.1 Å². The number of nitrogens with zero attached hydrogens (tertiary/aromatic N) is 3. The standard InChI is InChI=1S/C20H32N4O/c1-4-21-20(22-13-17-11-12-24(15-17)18-7-8-18)23(2)14-16-5-9-19(25-3)10-6-16/h5-6,9-10,17-18H,4,7-8,11-15H2,1-3H3,(H,21,22). The molecule has 1 unspecified atom stereocenters. The van der Waals surface area contributed by atoms with Crippen molar-refractivity contribution >= 4 is 5.96 Å². The SMILES string of the molecule is CCNC(=NCC1CCN(C2CC2)C1)N(C)Cc1ccc(OC)cc1. The average molecular weight is 345 g/mol. The van der Waals surface area contributed by atoms with Crippen molar-refractivity contribution in [3.63, 3.8) is 0 Å². The Morgan fingerprint density at radius 2 is 2.04 bits per heavy atom. The topological polar surface area (TPSA) is 40.1 Å². The second kappa shape index (κ2) is 8.56. The van der Waals surface area contributed by atoms with Gasteiger partial charge < -0.3 is 19.9 Å². The highest BCUT2D eigenvalue weighted by molar-refractivity contribution is 5.79. The van der Waals surface area contributed by atoms with Gasteiger partial charge in [0.1, 0.15) is 5.75 Å². The monoisotopic (exact) mass is 344 g/mol. The Hall–Kier alpha value is -1.75. The average Bonchev–Trinajstić information content (AvgIpc) is 3.38. The van der Waals surface area contributed by atoms with Crippen LogP contribution in [0.5, 0.6) is 5.75 Å². The van der Waals surface area contributed by atoms with E-state index >= 15 is 0 Å². The van der Waals surface area contributed by atoms with E-state index in [1.807, 2.05) is 12.1 Å². The predicted octanol–water partition coefficient (Wildman–Crippen LogP) is 2.58. The van der Waals surface area contributed by atoms with Crippen LogP contribution in [0.2, 0.25) is 0 Å². The molecule has 0 radical (unpaired) electrons. The summed E-state index contributed by atoms with van der Waals surface area (Å²) in [6.07, 6.45) is 4.11. The first kappa shape index (κ1) is 18.1. The van der Waals surface area contributed by atoms with Gasteiger partial charge in [0.05, 0.1) is 7.11 Å². The molecule has 138 valence electrons. The Labute approximate surface area is 152 Å². The summed E-state index contributed by atoms with van der Waals surface area (Å²) in [5, 5.41) is 3.43. The van der Waals surface area contributed by atoms with E-state index in [1.54, 1.807) is 7.11 Å². The van der Waals surface area contributed by atoms with Gasteiger partial charge in [0.25, 0.3) is 0 Å². The fourth-order valence-corrected chi connectivity index (χ4v) is 3.55. The third-order valence-electron chi connectivity index (χ3n) is 5.16. The Bertz CT molecular complexity index is 568. The highest BCUT2D eigenvalue weighted by atomic mass is 16.5. The second-order valence-electron chi connectivity index (χ2n) is 7.28. The van der Waals surface area contributed by atoms with Gasteiger partial charge in [0, 0.05) is 39.3 Å².